The van der Waals surface area contributed by atoms with E-state index in [1.54, 1.807) is 5.57 Å². The second-order valence-corrected chi connectivity index (χ2v) is 10.8. The van der Waals surface area contributed by atoms with Crippen molar-refractivity contribution in [2.45, 2.75) is 76.6 Å². The Balaban J connectivity index is 1.48. The van der Waals surface area contributed by atoms with Crippen LogP contribution in [-0.4, -0.2) is 36.1 Å². The predicted molar refractivity (Wildman–Crippen MR) is 95.0 cm³/mol. The van der Waals surface area contributed by atoms with Crippen molar-refractivity contribution >= 4 is 0 Å². The Morgan fingerprint density at radius 2 is 1.96 bits per heavy atom. The van der Waals surface area contributed by atoms with E-state index in [2.05, 4.69) is 26.8 Å². The van der Waals surface area contributed by atoms with Gasteiger partial charge < -0.3 is 14.6 Å². The second-order valence-electron chi connectivity index (χ2n) is 10.8. The molecule has 2 spiro atoms. The first-order valence-electron chi connectivity index (χ1n) is 10.4. The highest BCUT2D eigenvalue weighted by atomic mass is 16.6. The first-order valence-corrected chi connectivity index (χ1v) is 10.4. The molecule has 138 valence electrons. The normalized spacial score (nSPS) is 62.7. The molecule has 1 N–H and O–H groups in total. The summed E-state index contributed by atoms with van der Waals surface area (Å²) in [4.78, 5) is 0. The molecule has 6 rings (SSSR count). The maximum absolute atomic E-state index is 10.7. The van der Waals surface area contributed by atoms with Gasteiger partial charge in [0, 0.05) is 18.9 Å². The summed E-state index contributed by atoms with van der Waals surface area (Å²) in [5.74, 6) is 2.14. The molecule has 5 aliphatic carbocycles. The molecule has 1 heterocycles. The molecular weight excluding hydrogens is 312 g/mol. The average molecular weight is 344 g/mol. The van der Waals surface area contributed by atoms with Gasteiger partial charge in [-0.3, -0.25) is 0 Å². The monoisotopic (exact) mass is 344 g/mol. The van der Waals surface area contributed by atoms with Gasteiger partial charge in [-0.1, -0.05) is 32.4 Å². The quantitative estimate of drug-likeness (QED) is 0.737. The van der Waals surface area contributed by atoms with E-state index in [1.807, 2.05) is 7.11 Å². The summed E-state index contributed by atoms with van der Waals surface area (Å²) in [7, 11) is 1.90. The van der Waals surface area contributed by atoms with Gasteiger partial charge in [-0.15, -0.1) is 0 Å². The lowest BCUT2D eigenvalue weighted by atomic mass is 9.46. The van der Waals surface area contributed by atoms with Gasteiger partial charge in [0.05, 0.1) is 18.1 Å². The number of hydrogen-bond donors (Lipinski definition) is 1. The zero-order valence-electron chi connectivity index (χ0n) is 16.1. The minimum Gasteiger partial charge on any atom is -0.393 e. The van der Waals surface area contributed by atoms with E-state index >= 15 is 0 Å². The number of allylic oxidation sites excluding steroid dienone is 1. The molecule has 0 radical (unpaired) electrons. The molecule has 0 unspecified atom stereocenters. The van der Waals surface area contributed by atoms with Crippen LogP contribution in [-0.2, 0) is 9.47 Å². The van der Waals surface area contributed by atoms with E-state index < -0.39 is 0 Å². The summed E-state index contributed by atoms with van der Waals surface area (Å²) < 4.78 is 12.6. The van der Waals surface area contributed by atoms with E-state index in [9.17, 15) is 5.11 Å². The minimum atomic E-state index is -0.102. The number of hydrogen-bond acceptors (Lipinski definition) is 3. The van der Waals surface area contributed by atoms with Crippen molar-refractivity contribution in [1.82, 2.24) is 0 Å². The summed E-state index contributed by atoms with van der Waals surface area (Å²) in [6.45, 7) is 8.06. The van der Waals surface area contributed by atoms with Crippen molar-refractivity contribution in [3.05, 3.63) is 11.6 Å². The Morgan fingerprint density at radius 1 is 1.16 bits per heavy atom. The van der Waals surface area contributed by atoms with Crippen molar-refractivity contribution < 1.29 is 14.6 Å². The first-order chi connectivity index (χ1) is 11.8. The van der Waals surface area contributed by atoms with Gasteiger partial charge in [-0.2, -0.15) is 0 Å². The highest BCUT2D eigenvalue weighted by molar-refractivity contribution is 5.56. The van der Waals surface area contributed by atoms with Crippen molar-refractivity contribution in [2.75, 3.05) is 13.7 Å². The van der Waals surface area contributed by atoms with Crippen molar-refractivity contribution in [3.8, 4) is 0 Å². The standard InChI is InChI=1S/C22H32O3/c1-18(2)16-7-5-13-14-6-8-17(23)19(14,3)10-9-15(13)20(16)12-25-22(20)11-21(18,22)24-4/h7,13-15,17,23H,5-6,8-12H2,1-4H3/t13-,14-,15-,17-,19-,20+,21-,22+/m0/s1. The van der Waals surface area contributed by atoms with Gasteiger partial charge in [0.15, 0.2) is 0 Å². The fourth-order valence-corrected chi connectivity index (χ4v) is 9.18. The highest BCUT2D eigenvalue weighted by Crippen LogP contribution is 2.88. The van der Waals surface area contributed by atoms with Crippen LogP contribution in [0.5, 0.6) is 0 Å². The van der Waals surface area contributed by atoms with Gasteiger partial charge in [0.1, 0.15) is 11.2 Å². The summed E-state index contributed by atoms with van der Waals surface area (Å²) in [5.41, 5.74) is 1.97. The molecule has 8 atom stereocenters. The number of ether oxygens (including phenoxy) is 2. The SMILES string of the molecule is CO[C@]12C[C@]13OC[C@@]31C(=CC[C@H]3[C@@H]4CC[C@H](O)[C@@]4(C)CC[C@@H]31)C2(C)C. The summed E-state index contributed by atoms with van der Waals surface area (Å²) >= 11 is 0. The van der Waals surface area contributed by atoms with Crippen LogP contribution in [0.15, 0.2) is 11.6 Å². The lowest BCUT2D eigenvalue weighted by Gasteiger charge is -2.62. The van der Waals surface area contributed by atoms with Gasteiger partial charge in [-0.05, 0) is 55.3 Å². The van der Waals surface area contributed by atoms with Crippen LogP contribution in [0.4, 0.5) is 0 Å². The number of fused-ring (bicyclic) bond motifs is 3. The molecule has 4 saturated carbocycles. The Hall–Kier alpha value is -0.380. The number of aliphatic hydroxyl groups is 1. The van der Waals surface area contributed by atoms with Crippen molar-refractivity contribution in [3.63, 3.8) is 0 Å². The molecule has 1 aliphatic heterocycles. The molecule has 0 bridgehead atoms. The van der Waals surface area contributed by atoms with Crippen LogP contribution < -0.4 is 0 Å². The molecular formula is C22H32O3. The molecule has 0 aromatic carbocycles. The largest absolute Gasteiger partial charge is 0.393 e. The minimum absolute atomic E-state index is 0.0433. The van der Waals surface area contributed by atoms with Gasteiger partial charge >= 0.3 is 0 Å². The Kier molecular flexibility index (Phi) is 2.54. The molecule has 1 saturated heterocycles. The highest BCUT2D eigenvalue weighted by Gasteiger charge is 2.95. The molecule has 3 nitrogen and oxygen atoms in total. The second kappa shape index (κ2) is 4.05. The lowest BCUT2D eigenvalue weighted by molar-refractivity contribution is -0.249. The van der Waals surface area contributed by atoms with E-state index in [1.165, 1.54) is 25.7 Å². The van der Waals surface area contributed by atoms with Crippen LogP contribution in [0.2, 0.25) is 0 Å². The molecule has 5 fully saturated rings. The van der Waals surface area contributed by atoms with Crippen LogP contribution in [0, 0.1) is 34.0 Å². The maximum atomic E-state index is 10.7. The van der Waals surface area contributed by atoms with E-state index in [0.717, 1.165) is 31.3 Å². The molecule has 0 aromatic heterocycles. The smallest absolute Gasteiger partial charge is 0.113 e. The zero-order chi connectivity index (χ0) is 17.5. The van der Waals surface area contributed by atoms with Gasteiger partial charge in [0.25, 0.3) is 0 Å². The van der Waals surface area contributed by atoms with Gasteiger partial charge in [0.2, 0.25) is 0 Å². The summed E-state index contributed by atoms with van der Waals surface area (Å²) in [6.07, 6.45) is 9.44. The Morgan fingerprint density at radius 3 is 2.64 bits per heavy atom. The number of aliphatic hydroxyl groups excluding tert-OH is 1. The molecule has 3 heteroatoms. The van der Waals surface area contributed by atoms with Crippen LogP contribution in [0.1, 0.15) is 59.3 Å². The Labute approximate surface area is 151 Å². The van der Waals surface area contributed by atoms with E-state index in [-0.39, 0.29) is 33.6 Å². The molecule has 0 aromatic rings. The fraction of sp³-hybridized carbons (Fsp3) is 0.909. The lowest BCUT2D eigenvalue weighted by Crippen LogP contribution is -2.64. The van der Waals surface area contributed by atoms with Crippen LogP contribution in [0.3, 0.4) is 0 Å². The van der Waals surface area contributed by atoms with Gasteiger partial charge in [-0.25, -0.2) is 0 Å². The Bertz CT molecular complexity index is 697. The summed E-state index contributed by atoms with van der Waals surface area (Å²) in [5, 5.41) is 10.7. The molecule has 6 aliphatic rings. The number of rotatable bonds is 1. The zero-order valence-corrected chi connectivity index (χ0v) is 16.1. The summed E-state index contributed by atoms with van der Waals surface area (Å²) in [6, 6.07) is 0. The van der Waals surface area contributed by atoms with E-state index in [4.69, 9.17) is 9.47 Å². The van der Waals surface area contributed by atoms with Crippen LogP contribution >= 0.6 is 0 Å². The predicted octanol–water partition coefficient (Wildman–Crippen LogP) is 3.70. The van der Waals surface area contributed by atoms with Crippen LogP contribution in [0.25, 0.3) is 0 Å². The molecule has 25 heavy (non-hydrogen) atoms. The first kappa shape index (κ1) is 15.7. The van der Waals surface area contributed by atoms with Crippen molar-refractivity contribution in [2.24, 2.45) is 34.0 Å². The third kappa shape index (κ3) is 1.23. The maximum Gasteiger partial charge on any atom is 0.113 e. The number of methoxy groups -OCH3 is 1. The third-order valence-electron chi connectivity index (χ3n) is 10.4. The van der Waals surface area contributed by atoms with E-state index in [0.29, 0.717) is 5.92 Å². The van der Waals surface area contributed by atoms with Crippen molar-refractivity contribution in [1.29, 1.82) is 0 Å². The average Bonchev–Trinajstić information content (AvgIpc) is 3.22. The fourth-order valence-electron chi connectivity index (χ4n) is 9.18. The molecule has 0 amide bonds. The topological polar surface area (TPSA) is 38.7 Å². The third-order valence-corrected chi connectivity index (χ3v) is 10.4.